The standard InChI is InChI=1S/C15H23ClN2O/c1-11-6-8-18(10-15(11)19-2)14-9-13(16)4-3-12(14)5-7-17/h3-4,9,11,15H,5-8,10,17H2,1-2H3. The van der Waals surface area contributed by atoms with Crippen LogP contribution in [0, 0.1) is 5.92 Å². The van der Waals surface area contributed by atoms with Crippen molar-refractivity contribution in [1.82, 2.24) is 0 Å². The van der Waals surface area contributed by atoms with Gasteiger partial charge >= 0.3 is 0 Å². The number of hydrogen-bond donors (Lipinski definition) is 1. The molecule has 1 heterocycles. The van der Waals surface area contributed by atoms with Crippen LogP contribution in [0.1, 0.15) is 18.9 Å². The lowest BCUT2D eigenvalue weighted by molar-refractivity contribution is 0.0498. The van der Waals surface area contributed by atoms with E-state index in [1.165, 1.54) is 11.3 Å². The maximum atomic E-state index is 6.15. The molecule has 2 rings (SSSR count). The second kappa shape index (κ2) is 6.60. The lowest BCUT2D eigenvalue weighted by atomic mass is 9.94. The van der Waals surface area contributed by atoms with E-state index in [0.29, 0.717) is 18.6 Å². The smallest absolute Gasteiger partial charge is 0.0772 e. The van der Waals surface area contributed by atoms with Gasteiger partial charge in [0.15, 0.2) is 0 Å². The molecule has 4 heteroatoms. The van der Waals surface area contributed by atoms with Crippen LogP contribution < -0.4 is 10.6 Å². The Kier molecular flexibility index (Phi) is 5.08. The summed E-state index contributed by atoms with van der Waals surface area (Å²) in [6, 6.07) is 6.08. The third-order valence-corrected chi connectivity index (χ3v) is 4.23. The van der Waals surface area contributed by atoms with Crippen molar-refractivity contribution in [3.05, 3.63) is 28.8 Å². The summed E-state index contributed by atoms with van der Waals surface area (Å²) < 4.78 is 5.59. The number of methoxy groups -OCH3 is 1. The SMILES string of the molecule is COC1CN(c2cc(Cl)ccc2CCN)CCC1C. The molecule has 0 radical (unpaired) electrons. The molecule has 1 saturated heterocycles. The van der Waals surface area contributed by atoms with E-state index in [0.717, 1.165) is 31.0 Å². The van der Waals surface area contributed by atoms with Gasteiger partial charge in [0, 0.05) is 30.9 Å². The van der Waals surface area contributed by atoms with Crippen molar-refractivity contribution in [3.63, 3.8) is 0 Å². The van der Waals surface area contributed by atoms with Crippen LogP contribution in [0.25, 0.3) is 0 Å². The molecule has 0 amide bonds. The highest BCUT2D eigenvalue weighted by Gasteiger charge is 2.27. The Morgan fingerprint density at radius 2 is 2.26 bits per heavy atom. The van der Waals surface area contributed by atoms with Crippen molar-refractivity contribution in [2.24, 2.45) is 11.7 Å². The molecule has 1 aliphatic rings. The van der Waals surface area contributed by atoms with Crippen LogP contribution in [-0.4, -0.2) is 32.8 Å². The molecule has 0 aromatic heterocycles. The second-order valence-corrected chi connectivity index (χ2v) is 5.73. The van der Waals surface area contributed by atoms with Gasteiger partial charge < -0.3 is 15.4 Å². The summed E-state index contributed by atoms with van der Waals surface area (Å²) in [5, 5.41) is 0.781. The number of nitrogens with zero attached hydrogens (tertiary/aromatic N) is 1. The van der Waals surface area contributed by atoms with Gasteiger partial charge in [-0.3, -0.25) is 0 Å². The summed E-state index contributed by atoms with van der Waals surface area (Å²) >= 11 is 6.15. The monoisotopic (exact) mass is 282 g/mol. The predicted octanol–water partition coefficient (Wildman–Crippen LogP) is 2.70. The highest BCUT2D eigenvalue weighted by molar-refractivity contribution is 6.30. The van der Waals surface area contributed by atoms with Gasteiger partial charge in [0.25, 0.3) is 0 Å². The Labute approximate surface area is 120 Å². The van der Waals surface area contributed by atoms with Crippen molar-refractivity contribution in [2.45, 2.75) is 25.9 Å². The van der Waals surface area contributed by atoms with Crippen LogP contribution in [0.3, 0.4) is 0 Å². The third-order valence-electron chi connectivity index (χ3n) is 3.99. The molecule has 1 aromatic carbocycles. The van der Waals surface area contributed by atoms with Crippen LogP contribution in [-0.2, 0) is 11.2 Å². The summed E-state index contributed by atoms with van der Waals surface area (Å²) in [4.78, 5) is 2.38. The van der Waals surface area contributed by atoms with E-state index < -0.39 is 0 Å². The predicted molar refractivity (Wildman–Crippen MR) is 81.0 cm³/mol. The molecular formula is C15H23ClN2O. The molecular weight excluding hydrogens is 260 g/mol. The molecule has 1 aromatic rings. The first-order chi connectivity index (χ1) is 9.15. The number of piperidine rings is 1. The Balaban J connectivity index is 2.22. The van der Waals surface area contributed by atoms with Gasteiger partial charge in [-0.2, -0.15) is 0 Å². The molecule has 2 atom stereocenters. The number of benzene rings is 1. The van der Waals surface area contributed by atoms with Crippen LogP contribution in [0.4, 0.5) is 5.69 Å². The molecule has 2 N–H and O–H groups in total. The molecule has 106 valence electrons. The Morgan fingerprint density at radius 3 is 2.95 bits per heavy atom. The minimum Gasteiger partial charge on any atom is -0.379 e. The van der Waals surface area contributed by atoms with Crippen LogP contribution >= 0.6 is 11.6 Å². The Morgan fingerprint density at radius 1 is 1.47 bits per heavy atom. The van der Waals surface area contributed by atoms with Gasteiger partial charge in [-0.25, -0.2) is 0 Å². The number of anilines is 1. The fraction of sp³-hybridized carbons (Fsp3) is 0.600. The minimum atomic E-state index is 0.290. The van der Waals surface area contributed by atoms with Crippen molar-refractivity contribution >= 4 is 17.3 Å². The van der Waals surface area contributed by atoms with Gasteiger partial charge in [0.2, 0.25) is 0 Å². The lowest BCUT2D eigenvalue weighted by Crippen LogP contribution is -2.44. The molecule has 1 aliphatic heterocycles. The van der Waals surface area contributed by atoms with Gasteiger partial charge in [-0.15, -0.1) is 0 Å². The van der Waals surface area contributed by atoms with Gasteiger partial charge in [-0.1, -0.05) is 24.6 Å². The fourth-order valence-corrected chi connectivity index (χ4v) is 2.92. The zero-order valence-corrected chi connectivity index (χ0v) is 12.5. The molecule has 19 heavy (non-hydrogen) atoms. The van der Waals surface area contributed by atoms with E-state index in [1.54, 1.807) is 7.11 Å². The third kappa shape index (κ3) is 3.41. The summed E-state index contributed by atoms with van der Waals surface area (Å²) in [5.74, 6) is 0.610. The maximum Gasteiger partial charge on any atom is 0.0772 e. The number of hydrogen-bond acceptors (Lipinski definition) is 3. The summed E-state index contributed by atoms with van der Waals surface area (Å²) in [6.07, 6.45) is 2.32. The fourth-order valence-electron chi connectivity index (χ4n) is 2.76. The molecule has 0 aliphatic carbocycles. The van der Waals surface area contributed by atoms with Crippen molar-refractivity contribution in [2.75, 3.05) is 31.6 Å². The Bertz CT molecular complexity index is 425. The highest BCUT2D eigenvalue weighted by atomic mass is 35.5. The van der Waals surface area contributed by atoms with E-state index in [4.69, 9.17) is 22.1 Å². The molecule has 0 bridgehead atoms. The van der Waals surface area contributed by atoms with E-state index in [9.17, 15) is 0 Å². The number of ether oxygens (including phenoxy) is 1. The van der Waals surface area contributed by atoms with Gasteiger partial charge in [0.05, 0.1) is 6.10 Å². The summed E-state index contributed by atoms with van der Waals surface area (Å²) in [5.41, 5.74) is 8.19. The summed E-state index contributed by atoms with van der Waals surface area (Å²) in [6.45, 7) is 4.89. The van der Waals surface area contributed by atoms with Crippen molar-refractivity contribution in [3.8, 4) is 0 Å². The molecule has 0 spiro atoms. The van der Waals surface area contributed by atoms with E-state index in [-0.39, 0.29) is 0 Å². The first-order valence-corrected chi connectivity index (χ1v) is 7.29. The number of nitrogens with two attached hydrogens (primary N) is 1. The zero-order valence-electron chi connectivity index (χ0n) is 11.7. The van der Waals surface area contributed by atoms with Gasteiger partial charge in [-0.05, 0) is 43.0 Å². The summed E-state index contributed by atoms with van der Waals surface area (Å²) in [7, 11) is 1.80. The van der Waals surface area contributed by atoms with E-state index in [1.807, 2.05) is 6.07 Å². The largest absolute Gasteiger partial charge is 0.379 e. The van der Waals surface area contributed by atoms with E-state index in [2.05, 4.69) is 24.0 Å². The van der Waals surface area contributed by atoms with E-state index >= 15 is 0 Å². The van der Waals surface area contributed by atoms with Crippen molar-refractivity contribution < 1.29 is 4.74 Å². The second-order valence-electron chi connectivity index (χ2n) is 5.30. The van der Waals surface area contributed by atoms with Crippen molar-refractivity contribution in [1.29, 1.82) is 0 Å². The minimum absolute atomic E-state index is 0.290. The zero-order chi connectivity index (χ0) is 13.8. The van der Waals surface area contributed by atoms with Crippen LogP contribution in [0.5, 0.6) is 0 Å². The highest BCUT2D eigenvalue weighted by Crippen LogP contribution is 2.30. The molecule has 3 nitrogen and oxygen atoms in total. The van der Waals surface area contributed by atoms with Crippen LogP contribution in [0.2, 0.25) is 5.02 Å². The first kappa shape index (κ1) is 14.6. The van der Waals surface area contributed by atoms with Gasteiger partial charge in [0.1, 0.15) is 0 Å². The average Bonchev–Trinajstić information content (AvgIpc) is 2.42. The molecule has 1 fully saturated rings. The lowest BCUT2D eigenvalue weighted by Gasteiger charge is -2.38. The Hall–Kier alpha value is -0.770. The van der Waals surface area contributed by atoms with Crippen LogP contribution in [0.15, 0.2) is 18.2 Å². The maximum absolute atomic E-state index is 6.15. The number of rotatable bonds is 4. The average molecular weight is 283 g/mol. The molecule has 0 saturated carbocycles. The molecule has 2 unspecified atom stereocenters. The quantitative estimate of drug-likeness (QED) is 0.923. The first-order valence-electron chi connectivity index (χ1n) is 6.92. The normalized spacial score (nSPS) is 23.7. The topological polar surface area (TPSA) is 38.5 Å². The number of halogens is 1.